The molecule has 1 saturated heterocycles. The smallest absolute Gasteiger partial charge is 0.292 e. The third kappa shape index (κ3) is 4.84. The number of anilines is 1. The lowest BCUT2D eigenvalue weighted by Gasteiger charge is -2.41. The predicted octanol–water partition coefficient (Wildman–Crippen LogP) is 4.22. The molecule has 27 heavy (non-hydrogen) atoms. The normalized spacial score (nSPS) is 17.3. The van der Waals surface area contributed by atoms with E-state index in [1.54, 1.807) is 12.1 Å². The summed E-state index contributed by atoms with van der Waals surface area (Å²) in [4.78, 5) is 11.1. The highest BCUT2D eigenvalue weighted by atomic mass is 16.6. The largest absolute Gasteiger partial charge is 0.381 e. The molecular weight excluding hydrogens is 342 g/mol. The number of aryl methyl sites for hydroxylation is 1. The van der Waals surface area contributed by atoms with Gasteiger partial charge in [0, 0.05) is 37.4 Å². The van der Waals surface area contributed by atoms with Gasteiger partial charge in [0.1, 0.15) is 5.69 Å². The van der Waals surface area contributed by atoms with Crippen LogP contribution in [-0.4, -0.2) is 30.2 Å². The molecule has 1 aliphatic heterocycles. The van der Waals surface area contributed by atoms with E-state index in [9.17, 15) is 10.1 Å². The highest BCUT2D eigenvalue weighted by Gasteiger charge is 2.34. The number of nitrogens with one attached hydrogen (secondary N) is 2. The maximum Gasteiger partial charge on any atom is 0.292 e. The fourth-order valence-corrected chi connectivity index (χ4v) is 3.63. The first-order valence-corrected chi connectivity index (χ1v) is 9.38. The van der Waals surface area contributed by atoms with Crippen LogP contribution in [0, 0.1) is 17.0 Å². The monoisotopic (exact) mass is 369 g/mol. The molecule has 6 heteroatoms. The molecule has 2 N–H and O–H groups in total. The number of hydrogen-bond donors (Lipinski definition) is 2. The summed E-state index contributed by atoms with van der Waals surface area (Å²) < 4.78 is 5.57. The van der Waals surface area contributed by atoms with Gasteiger partial charge < -0.3 is 15.4 Å². The van der Waals surface area contributed by atoms with E-state index in [0.29, 0.717) is 25.4 Å². The number of benzene rings is 2. The zero-order valence-corrected chi connectivity index (χ0v) is 15.9. The van der Waals surface area contributed by atoms with E-state index in [2.05, 4.69) is 29.7 Å². The van der Waals surface area contributed by atoms with Crippen molar-refractivity contribution in [3.05, 3.63) is 69.8 Å². The van der Waals surface area contributed by atoms with E-state index < -0.39 is 0 Å². The van der Waals surface area contributed by atoms with Crippen LogP contribution in [0.1, 0.15) is 36.9 Å². The maximum atomic E-state index is 11.4. The third-order valence-corrected chi connectivity index (χ3v) is 5.24. The van der Waals surface area contributed by atoms with Crippen LogP contribution in [0.25, 0.3) is 0 Å². The predicted molar refractivity (Wildman–Crippen MR) is 107 cm³/mol. The molecule has 1 fully saturated rings. The quantitative estimate of drug-likeness (QED) is 0.565. The zero-order valence-electron chi connectivity index (χ0n) is 15.9. The van der Waals surface area contributed by atoms with Crippen LogP contribution >= 0.6 is 0 Å². The van der Waals surface area contributed by atoms with Crippen molar-refractivity contribution >= 4 is 11.4 Å². The van der Waals surface area contributed by atoms with Crippen LogP contribution in [0.15, 0.2) is 48.5 Å². The van der Waals surface area contributed by atoms with Crippen LogP contribution in [0.5, 0.6) is 0 Å². The lowest BCUT2D eigenvalue weighted by molar-refractivity contribution is -0.384. The molecule has 0 aromatic heterocycles. The Morgan fingerprint density at radius 1 is 1.19 bits per heavy atom. The van der Waals surface area contributed by atoms with Crippen molar-refractivity contribution in [1.29, 1.82) is 0 Å². The van der Waals surface area contributed by atoms with Crippen LogP contribution in [0.4, 0.5) is 11.4 Å². The summed E-state index contributed by atoms with van der Waals surface area (Å²) in [6.45, 7) is 6.00. The minimum Gasteiger partial charge on any atom is -0.381 e. The fraction of sp³-hybridized carbons (Fsp3) is 0.429. The van der Waals surface area contributed by atoms with Crippen molar-refractivity contribution in [2.24, 2.45) is 0 Å². The SMILES string of the molecule is Cc1ccc(NCC2(NC(C)c3ccccc3)CCOCC2)c([N+](=O)[O-])c1. The molecular formula is C21H27N3O3. The first kappa shape index (κ1) is 19.3. The summed E-state index contributed by atoms with van der Waals surface area (Å²) in [7, 11) is 0. The second-order valence-electron chi connectivity index (χ2n) is 7.30. The molecule has 0 radical (unpaired) electrons. The summed E-state index contributed by atoms with van der Waals surface area (Å²) in [5.41, 5.74) is 2.61. The Morgan fingerprint density at radius 2 is 1.89 bits per heavy atom. The molecule has 0 aliphatic carbocycles. The Morgan fingerprint density at radius 3 is 2.56 bits per heavy atom. The van der Waals surface area contributed by atoms with E-state index in [0.717, 1.165) is 18.4 Å². The van der Waals surface area contributed by atoms with Gasteiger partial charge in [0.2, 0.25) is 0 Å². The molecule has 144 valence electrons. The minimum absolute atomic E-state index is 0.119. The number of ether oxygens (including phenoxy) is 1. The standard InChI is InChI=1S/C21H27N3O3/c1-16-8-9-19(20(14-16)24(25)26)22-15-21(10-12-27-13-11-21)23-17(2)18-6-4-3-5-7-18/h3-9,14,17,22-23H,10-13,15H2,1-2H3. The van der Waals surface area contributed by atoms with E-state index in [-0.39, 0.29) is 22.2 Å². The number of rotatable bonds is 7. The van der Waals surface area contributed by atoms with Crippen molar-refractivity contribution in [2.45, 2.75) is 38.3 Å². The molecule has 1 atom stereocenters. The Labute approximate surface area is 160 Å². The summed E-state index contributed by atoms with van der Waals surface area (Å²) in [6, 6.07) is 15.8. The van der Waals surface area contributed by atoms with Gasteiger partial charge in [-0.15, -0.1) is 0 Å². The van der Waals surface area contributed by atoms with Gasteiger partial charge in [0.25, 0.3) is 5.69 Å². The molecule has 1 aliphatic rings. The van der Waals surface area contributed by atoms with E-state index >= 15 is 0 Å². The van der Waals surface area contributed by atoms with Crippen molar-refractivity contribution < 1.29 is 9.66 Å². The van der Waals surface area contributed by atoms with Crippen molar-refractivity contribution in [1.82, 2.24) is 5.32 Å². The Hall–Kier alpha value is -2.44. The summed E-state index contributed by atoms with van der Waals surface area (Å²) in [5.74, 6) is 0. The van der Waals surface area contributed by atoms with E-state index in [1.165, 1.54) is 5.56 Å². The lowest BCUT2D eigenvalue weighted by atomic mass is 9.88. The van der Waals surface area contributed by atoms with E-state index in [1.807, 2.05) is 31.2 Å². The molecule has 0 amide bonds. The van der Waals surface area contributed by atoms with Gasteiger partial charge >= 0.3 is 0 Å². The number of nitro benzene ring substituents is 1. The minimum atomic E-state index is -0.327. The average Bonchev–Trinajstić information content (AvgIpc) is 2.68. The highest BCUT2D eigenvalue weighted by molar-refractivity contribution is 5.62. The third-order valence-electron chi connectivity index (χ3n) is 5.24. The maximum absolute atomic E-state index is 11.4. The van der Waals surface area contributed by atoms with Crippen LogP contribution in [0.3, 0.4) is 0 Å². The summed E-state index contributed by atoms with van der Waals surface area (Å²) in [5, 5.41) is 18.5. The summed E-state index contributed by atoms with van der Waals surface area (Å²) >= 11 is 0. The molecule has 2 aromatic carbocycles. The van der Waals surface area contributed by atoms with Crippen molar-refractivity contribution in [3.63, 3.8) is 0 Å². The van der Waals surface area contributed by atoms with Gasteiger partial charge in [0.05, 0.1) is 4.92 Å². The number of hydrogen-bond acceptors (Lipinski definition) is 5. The molecule has 0 saturated carbocycles. The first-order chi connectivity index (χ1) is 13.0. The number of nitro groups is 1. The Balaban J connectivity index is 1.77. The lowest BCUT2D eigenvalue weighted by Crippen LogP contribution is -2.54. The first-order valence-electron chi connectivity index (χ1n) is 9.38. The summed E-state index contributed by atoms with van der Waals surface area (Å²) in [6.07, 6.45) is 1.72. The zero-order chi connectivity index (χ0) is 19.3. The van der Waals surface area contributed by atoms with Crippen LogP contribution in [-0.2, 0) is 4.74 Å². The van der Waals surface area contributed by atoms with Crippen molar-refractivity contribution in [3.8, 4) is 0 Å². The Kier molecular flexibility index (Phi) is 6.08. The fourth-order valence-electron chi connectivity index (χ4n) is 3.63. The van der Waals surface area contributed by atoms with Gasteiger partial charge in [-0.25, -0.2) is 0 Å². The number of nitrogens with zero attached hydrogens (tertiary/aromatic N) is 1. The Bertz CT molecular complexity index is 773. The molecule has 1 heterocycles. The van der Waals surface area contributed by atoms with Crippen molar-refractivity contribution in [2.75, 3.05) is 25.1 Å². The van der Waals surface area contributed by atoms with Crippen LogP contribution < -0.4 is 10.6 Å². The molecule has 1 unspecified atom stereocenters. The second kappa shape index (κ2) is 8.50. The molecule has 0 spiro atoms. The molecule has 0 bridgehead atoms. The highest BCUT2D eigenvalue weighted by Crippen LogP contribution is 2.29. The van der Waals surface area contributed by atoms with Gasteiger partial charge in [-0.1, -0.05) is 36.4 Å². The van der Waals surface area contributed by atoms with Gasteiger partial charge in [-0.3, -0.25) is 10.1 Å². The molecule has 6 nitrogen and oxygen atoms in total. The van der Waals surface area contributed by atoms with Crippen LogP contribution in [0.2, 0.25) is 0 Å². The van der Waals surface area contributed by atoms with Gasteiger partial charge in [-0.05, 0) is 43.9 Å². The molecule has 3 rings (SSSR count). The van der Waals surface area contributed by atoms with E-state index in [4.69, 9.17) is 4.74 Å². The topological polar surface area (TPSA) is 76.4 Å². The average molecular weight is 369 g/mol. The second-order valence-corrected chi connectivity index (χ2v) is 7.30. The molecule has 2 aromatic rings. The van der Waals surface area contributed by atoms with Gasteiger partial charge in [0.15, 0.2) is 0 Å². The van der Waals surface area contributed by atoms with Gasteiger partial charge in [-0.2, -0.15) is 0 Å².